The quantitative estimate of drug-likeness (QED) is 0.691. The monoisotopic (exact) mass is 329 g/mol. The molecule has 2 aromatic carbocycles. The number of non-ortho nitro benzene ring substituents is 1. The van der Waals surface area contributed by atoms with Gasteiger partial charge in [-0.1, -0.05) is 18.2 Å². The number of hydrogen-bond donors (Lipinski definition) is 1. The smallest absolute Gasteiger partial charge is 0.269 e. The molecule has 1 fully saturated rings. The summed E-state index contributed by atoms with van der Waals surface area (Å²) < 4.78 is 13.6. The zero-order valence-electron chi connectivity index (χ0n) is 13.5. The minimum absolute atomic E-state index is 0.0871. The van der Waals surface area contributed by atoms with Crippen LogP contribution in [0.2, 0.25) is 0 Å². The van der Waals surface area contributed by atoms with E-state index >= 15 is 0 Å². The third-order valence-corrected chi connectivity index (χ3v) is 4.50. The Morgan fingerprint density at radius 1 is 1.33 bits per heavy atom. The highest BCUT2D eigenvalue weighted by molar-refractivity contribution is 5.39. The van der Waals surface area contributed by atoms with Crippen molar-refractivity contribution in [1.29, 1.82) is 0 Å². The van der Waals surface area contributed by atoms with Gasteiger partial charge >= 0.3 is 0 Å². The molecule has 0 bridgehead atoms. The van der Waals surface area contributed by atoms with Gasteiger partial charge in [0.05, 0.1) is 4.92 Å². The van der Waals surface area contributed by atoms with Gasteiger partial charge in [-0.25, -0.2) is 4.39 Å². The molecule has 1 heterocycles. The molecule has 2 aromatic rings. The van der Waals surface area contributed by atoms with E-state index < -0.39 is 0 Å². The maximum Gasteiger partial charge on any atom is 0.269 e. The first-order chi connectivity index (χ1) is 11.5. The van der Waals surface area contributed by atoms with Crippen LogP contribution in [0.3, 0.4) is 0 Å². The first-order valence-corrected chi connectivity index (χ1v) is 7.99. The molecule has 0 spiro atoms. The Kier molecular flexibility index (Phi) is 4.87. The van der Waals surface area contributed by atoms with Crippen LogP contribution in [-0.4, -0.2) is 29.5 Å². The summed E-state index contributed by atoms with van der Waals surface area (Å²) in [5.74, 6) is -0.232. The first kappa shape index (κ1) is 16.5. The number of nitro benzene ring substituents is 1. The fourth-order valence-corrected chi connectivity index (χ4v) is 3.17. The predicted octanol–water partition coefficient (Wildman–Crippen LogP) is 3.19. The summed E-state index contributed by atoms with van der Waals surface area (Å²) in [4.78, 5) is 12.8. The summed E-state index contributed by atoms with van der Waals surface area (Å²) >= 11 is 0. The molecule has 1 aliphatic rings. The fourth-order valence-electron chi connectivity index (χ4n) is 3.17. The Morgan fingerprint density at radius 2 is 2.17 bits per heavy atom. The number of aryl methyl sites for hydroxylation is 1. The first-order valence-electron chi connectivity index (χ1n) is 7.99. The van der Waals surface area contributed by atoms with Gasteiger partial charge in [0.15, 0.2) is 0 Å². The lowest BCUT2D eigenvalue weighted by Crippen LogP contribution is -2.45. The van der Waals surface area contributed by atoms with Crippen LogP contribution in [0.15, 0.2) is 42.5 Å². The second kappa shape index (κ2) is 7.07. The van der Waals surface area contributed by atoms with Crippen molar-refractivity contribution in [2.45, 2.75) is 19.5 Å². The highest BCUT2D eigenvalue weighted by Gasteiger charge is 2.24. The van der Waals surface area contributed by atoms with E-state index in [1.807, 2.05) is 19.1 Å². The Labute approximate surface area is 140 Å². The van der Waals surface area contributed by atoms with E-state index in [0.717, 1.165) is 36.3 Å². The van der Waals surface area contributed by atoms with Gasteiger partial charge in [0, 0.05) is 44.4 Å². The van der Waals surface area contributed by atoms with Crippen LogP contribution in [0.1, 0.15) is 22.7 Å². The van der Waals surface area contributed by atoms with E-state index in [2.05, 4.69) is 10.2 Å². The van der Waals surface area contributed by atoms with Crippen LogP contribution < -0.4 is 5.32 Å². The second-order valence-corrected chi connectivity index (χ2v) is 6.11. The number of benzene rings is 2. The molecule has 126 valence electrons. The third kappa shape index (κ3) is 3.60. The predicted molar refractivity (Wildman–Crippen MR) is 90.3 cm³/mol. The molecule has 0 saturated carbocycles. The van der Waals surface area contributed by atoms with Crippen molar-refractivity contribution in [3.63, 3.8) is 0 Å². The minimum atomic E-state index is -0.378. The largest absolute Gasteiger partial charge is 0.314 e. The summed E-state index contributed by atoms with van der Waals surface area (Å²) in [5, 5.41) is 14.2. The van der Waals surface area contributed by atoms with Gasteiger partial charge in [0.2, 0.25) is 0 Å². The van der Waals surface area contributed by atoms with Crippen molar-refractivity contribution >= 4 is 5.69 Å². The van der Waals surface area contributed by atoms with Crippen molar-refractivity contribution in [2.75, 3.05) is 19.6 Å². The van der Waals surface area contributed by atoms with E-state index in [4.69, 9.17) is 0 Å². The molecule has 0 aromatic heterocycles. The van der Waals surface area contributed by atoms with E-state index in [1.54, 1.807) is 24.3 Å². The van der Waals surface area contributed by atoms with Gasteiger partial charge in [-0.2, -0.15) is 0 Å². The number of hydrogen-bond acceptors (Lipinski definition) is 4. The van der Waals surface area contributed by atoms with Crippen molar-refractivity contribution in [3.05, 3.63) is 75.1 Å². The number of nitrogens with zero attached hydrogens (tertiary/aromatic N) is 2. The van der Waals surface area contributed by atoms with Crippen LogP contribution in [0, 0.1) is 22.9 Å². The van der Waals surface area contributed by atoms with Crippen molar-refractivity contribution in [3.8, 4) is 0 Å². The number of halogens is 1. The number of nitro groups is 1. The Bertz CT molecular complexity index is 751. The lowest BCUT2D eigenvalue weighted by atomic mass is 10.0. The molecule has 1 N–H and O–H groups in total. The van der Waals surface area contributed by atoms with E-state index in [-0.39, 0.29) is 22.5 Å². The molecule has 0 amide bonds. The summed E-state index contributed by atoms with van der Waals surface area (Å²) in [6.07, 6.45) is 0. The summed E-state index contributed by atoms with van der Waals surface area (Å²) in [6, 6.07) is 11.8. The third-order valence-electron chi connectivity index (χ3n) is 4.50. The topological polar surface area (TPSA) is 58.4 Å². The van der Waals surface area contributed by atoms with E-state index in [9.17, 15) is 14.5 Å². The van der Waals surface area contributed by atoms with Crippen molar-refractivity contribution in [2.24, 2.45) is 0 Å². The van der Waals surface area contributed by atoms with Crippen LogP contribution >= 0.6 is 0 Å². The molecule has 1 atom stereocenters. The number of piperazine rings is 1. The Morgan fingerprint density at radius 3 is 2.88 bits per heavy atom. The molecule has 5 nitrogen and oxygen atoms in total. The molecular weight excluding hydrogens is 309 g/mol. The van der Waals surface area contributed by atoms with Gasteiger partial charge in [-0.15, -0.1) is 0 Å². The van der Waals surface area contributed by atoms with Gasteiger partial charge in [-0.05, 0) is 35.7 Å². The normalized spacial score (nSPS) is 18.5. The molecule has 3 rings (SSSR count). The zero-order valence-corrected chi connectivity index (χ0v) is 13.5. The maximum absolute atomic E-state index is 13.6. The van der Waals surface area contributed by atoms with Crippen LogP contribution in [0.25, 0.3) is 0 Å². The summed E-state index contributed by atoms with van der Waals surface area (Å²) in [5.41, 5.74) is 3.02. The summed E-state index contributed by atoms with van der Waals surface area (Å²) in [6.45, 7) is 5.05. The lowest BCUT2D eigenvalue weighted by Gasteiger charge is -2.36. The van der Waals surface area contributed by atoms with Gasteiger partial charge in [0.25, 0.3) is 5.69 Å². The molecule has 6 heteroatoms. The summed E-state index contributed by atoms with van der Waals surface area (Å²) in [7, 11) is 0. The molecule has 0 aliphatic carbocycles. The minimum Gasteiger partial charge on any atom is -0.314 e. The molecular formula is C18H20FN3O2. The molecule has 1 unspecified atom stereocenters. The zero-order chi connectivity index (χ0) is 17.1. The number of rotatable bonds is 4. The van der Waals surface area contributed by atoms with Gasteiger partial charge < -0.3 is 5.32 Å². The molecule has 1 aliphatic heterocycles. The standard InChI is InChI=1S/C18H20FN3O2/c1-13-9-17(22(23)24)6-5-15(13)12-21-8-7-20-11-18(21)14-3-2-4-16(19)10-14/h2-6,9-10,18,20H,7-8,11-12H2,1H3. The van der Waals surface area contributed by atoms with Crippen LogP contribution in [-0.2, 0) is 6.54 Å². The molecule has 1 saturated heterocycles. The molecule has 0 radical (unpaired) electrons. The highest BCUT2D eigenvalue weighted by Crippen LogP contribution is 2.26. The molecule has 24 heavy (non-hydrogen) atoms. The maximum atomic E-state index is 13.6. The van der Waals surface area contributed by atoms with E-state index in [1.165, 1.54) is 6.07 Å². The van der Waals surface area contributed by atoms with Gasteiger partial charge in [0.1, 0.15) is 5.82 Å². The Hall–Kier alpha value is -2.31. The van der Waals surface area contributed by atoms with Gasteiger partial charge in [-0.3, -0.25) is 15.0 Å². The highest BCUT2D eigenvalue weighted by atomic mass is 19.1. The van der Waals surface area contributed by atoms with Crippen molar-refractivity contribution < 1.29 is 9.31 Å². The Balaban J connectivity index is 1.83. The SMILES string of the molecule is Cc1cc([N+](=O)[O-])ccc1CN1CCNCC1c1cccc(F)c1. The average molecular weight is 329 g/mol. The average Bonchev–Trinajstić information content (AvgIpc) is 2.57. The van der Waals surface area contributed by atoms with Crippen LogP contribution in [0.5, 0.6) is 0 Å². The van der Waals surface area contributed by atoms with Crippen LogP contribution in [0.4, 0.5) is 10.1 Å². The van der Waals surface area contributed by atoms with E-state index in [0.29, 0.717) is 6.54 Å². The fraction of sp³-hybridized carbons (Fsp3) is 0.333. The lowest BCUT2D eigenvalue weighted by molar-refractivity contribution is -0.384. The second-order valence-electron chi connectivity index (χ2n) is 6.11. The number of nitrogens with one attached hydrogen (secondary N) is 1. The van der Waals surface area contributed by atoms with Crippen molar-refractivity contribution in [1.82, 2.24) is 10.2 Å².